The summed E-state index contributed by atoms with van der Waals surface area (Å²) in [4.78, 5) is 24.3. The van der Waals surface area contributed by atoms with Crippen LogP contribution in [0, 0.1) is 11.8 Å². The molecule has 1 atom stereocenters. The van der Waals surface area contributed by atoms with E-state index in [1.807, 2.05) is 43.3 Å². The maximum atomic E-state index is 12.5. The summed E-state index contributed by atoms with van der Waals surface area (Å²) in [6.45, 7) is 2.71. The van der Waals surface area contributed by atoms with Gasteiger partial charge in [-0.15, -0.1) is 0 Å². The number of rotatable bonds is 8. The number of anilines is 1. The molecule has 0 radical (unpaired) electrons. The molecule has 2 aromatic carbocycles. The second-order valence-electron chi connectivity index (χ2n) is 7.86. The SMILES string of the molecule is CC(NC(=O)c1ccc(OCC2CC2)cc1)c1ccc(NC(=O)C2CC2)cc1. The lowest BCUT2D eigenvalue weighted by Gasteiger charge is -2.15. The molecule has 4 rings (SSSR count). The standard InChI is InChI=1S/C23H26N2O3/c1-15(17-6-10-20(11-7-17)25-23(27)18-4-5-18)24-22(26)19-8-12-21(13-9-19)28-14-16-2-3-16/h6-13,15-16,18H,2-5,14H2,1H3,(H,24,26)(H,25,27). The number of carbonyl (C=O) groups excluding carboxylic acids is 2. The third-order valence-corrected chi connectivity index (χ3v) is 5.27. The Bertz CT molecular complexity index is 837. The van der Waals surface area contributed by atoms with Gasteiger partial charge in [0.1, 0.15) is 5.75 Å². The maximum Gasteiger partial charge on any atom is 0.251 e. The van der Waals surface area contributed by atoms with Crippen molar-refractivity contribution in [3.8, 4) is 5.75 Å². The maximum absolute atomic E-state index is 12.5. The fourth-order valence-electron chi connectivity index (χ4n) is 3.01. The number of nitrogens with one attached hydrogen (secondary N) is 2. The summed E-state index contributed by atoms with van der Waals surface area (Å²) in [5.41, 5.74) is 2.39. The Morgan fingerprint density at radius 3 is 2.29 bits per heavy atom. The molecule has 1 unspecified atom stereocenters. The van der Waals surface area contributed by atoms with Crippen molar-refractivity contribution in [2.24, 2.45) is 11.8 Å². The van der Waals surface area contributed by atoms with Crippen LogP contribution in [-0.2, 0) is 4.79 Å². The fraction of sp³-hybridized carbons (Fsp3) is 0.391. The molecule has 0 heterocycles. The van der Waals surface area contributed by atoms with E-state index in [9.17, 15) is 9.59 Å². The molecule has 0 spiro atoms. The van der Waals surface area contributed by atoms with E-state index in [1.54, 1.807) is 12.1 Å². The Hall–Kier alpha value is -2.82. The first-order valence-electron chi connectivity index (χ1n) is 10.0. The van der Waals surface area contributed by atoms with E-state index >= 15 is 0 Å². The monoisotopic (exact) mass is 378 g/mol. The molecule has 2 aromatic rings. The summed E-state index contributed by atoms with van der Waals surface area (Å²) in [5, 5.41) is 5.94. The van der Waals surface area contributed by atoms with Crippen molar-refractivity contribution in [3.05, 3.63) is 59.7 Å². The molecule has 2 fully saturated rings. The van der Waals surface area contributed by atoms with Gasteiger partial charge in [-0.3, -0.25) is 9.59 Å². The molecule has 5 nitrogen and oxygen atoms in total. The van der Waals surface area contributed by atoms with Gasteiger partial charge in [-0.05, 0) is 80.5 Å². The van der Waals surface area contributed by atoms with Gasteiger partial charge in [0, 0.05) is 17.2 Å². The molecule has 2 N–H and O–H groups in total. The zero-order valence-electron chi connectivity index (χ0n) is 16.1. The van der Waals surface area contributed by atoms with Gasteiger partial charge in [0.25, 0.3) is 5.91 Å². The lowest BCUT2D eigenvalue weighted by atomic mass is 10.1. The number of ether oxygens (including phenoxy) is 1. The van der Waals surface area contributed by atoms with E-state index in [0.29, 0.717) is 11.5 Å². The summed E-state index contributed by atoms with van der Waals surface area (Å²) in [7, 11) is 0. The van der Waals surface area contributed by atoms with Gasteiger partial charge in [-0.2, -0.15) is 0 Å². The van der Waals surface area contributed by atoms with Crippen molar-refractivity contribution < 1.29 is 14.3 Å². The van der Waals surface area contributed by atoms with Gasteiger partial charge in [-0.25, -0.2) is 0 Å². The van der Waals surface area contributed by atoms with Crippen molar-refractivity contribution in [2.45, 2.75) is 38.6 Å². The molecule has 2 saturated carbocycles. The summed E-state index contributed by atoms with van der Waals surface area (Å²) in [5.74, 6) is 1.67. The molecular weight excluding hydrogens is 352 g/mol. The van der Waals surface area contributed by atoms with Gasteiger partial charge in [0.15, 0.2) is 0 Å². The zero-order chi connectivity index (χ0) is 19.5. The molecule has 2 aliphatic rings. The highest BCUT2D eigenvalue weighted by molar-refractivity contribution is 5.95. The highest BCUT2D eigenvalue weighted by atomic mass is 16.5. The Morgan fingerprint density at radius 2 is 1.68 bits per heavy atom. The van der Waals surface area contributed by atoms with Gasteiger partial charge in [-0.1, -0.05) is 12.1 Å². The first kappa shape index (κ1) is 18.5. The van der Waals surface area contributed by atoms with Crippen molar-refractivity contribution in [1.29, 1.82) is 0 Å². The van der Waals surface area contributed by atoms with Crippen LogP contribution in [0.1, 0.15) is 54.6 Å². The number of hydrogen-bond donors (Lipinski definition) is 2. The minimum absolute atomic E-state index is 0.0960. The van der Waals surface area contributed by atoms with Crippen LogP contribution in [0.3, 0.4) is 0 Å². The zero-order valence-corrected chi connectivity index (χ0v) is 16.1. The van der Waals surface area contributed by atoms with Gasteiger partial charge in [0.2, 0.25) is 5.91 Å². The minimum Gasteiger partial charge on any atom is -0.493 e. The van der Waals surface area contributed by atoms with Crippen molar-refractivity contribution >= 4 is 17.5 Å². The van der Waals surface area contributed by atoms with Crippen LogP contribution >= 0.6 is 0 Å². The average molecular weight is 378 g/mol. The summed E-state index contributed by atoms with van der Waals surface area (Å²) >= 11 is 0. The fourth-order valence-corrected chi connectivity index (χ4v) is 3.01. The van der Waals surface area contributed by atoms with E-state index in [1.165, 1.54) is 12.8 Å². The van der Waals surface area contributed by atoms with E-state index in [0.717, 1.165) is 36.4 Å². The first-order chi connectivity index (χ1) is 13.6. The molecule has 146 valence electrons. The van der Waals surface area contributed by atoms with Gasteiger partial charge in [0.05, 0.1) is 12.6 Å². The van der Waals surface area contributed by atoms with E-state index in [2.05, 4.69) is 10.6 Å². The van der Waals surface area contributed by atoms with E-state index < -0.39 is 0 Å². The molecule has 5 heteroatoms. The largest absolute Gasteiger partial charge is 0.493 e. The van der Waals surface area contributed by atoms with E-state index in [-0.39, 0.29) is 23.8 Å². The summed E-state index contributed by atoms with van der Waals surface area (Å²) in [6.07, 6.45) is 4.49. The van der Waals surface area contributed by atoms with Crippen LogP contribution in [0.4, 0.5) is 5.69 Å². The van der Waals surface area contributed by atoms with Crippen LogP contribution in [0.2, 0.25) is 0 Å². The summed E-state index contributed by atoms with van der Waals surface area (Å²) in [6, 6.07) is 14.8. The predicted molar refractivity (Wildman–Crippen MR) is 108 cm³/mol. The normalized spacial score (nSPS) is 16.9. The molecule has 2 aliphatic carbocycles. The number of carbonyl (C=O) groups is 2. The van der Waals surface area contributed by atoms with Crippen molar-refractivity contribution in [2.75, 3.05) is 11.9 Å². The smallest absolute Gasteiger partial charge is 0.251 e. The molecule has 0 saturated heterocycles. The van der Waals surface area contributed by atoms with E-state index in [4.69, 9.17) is 4.74 Å². The minimum atomic E-state index is -0.133. The van der Waals surface area contributed by atoms with Crippen molar-refractivity contribution in [1.82, 2.24) is 5.32 Å². The van der Waals surface area contributed by atoms with Gasteiger partial charge >= 0.3 is 0 Å². The Labute approximate surface area is 165 Å². The van der Waals surface area contributed by atoms with Crippen LogP contribution < -0.4 is 15.4 Å². The lowest BCUT2D eigenvalue weighted by molar-refractivity contribution is -0.117. The van der Waals surface area contributed by atoms with Crippen molar-refractivity contribution in [3.63, 3.8) is 0 Å². The third-order valence-electron chi connectivity index (χ3n) is 5.27. The van der Waals surface area contributed by atoms with Crippen LogP contribution in [0.15, 0.2) is 48.5 Å². The molecule has 0 aliphatic heterocycles. The topological polar surface area (TPSA) is 67.4 Å². The second kappa shape index (κ2) is 8.05. The quantitative estimate of drug-likeness (QED) is 0.719. The van der Waals surface area contributed by atoms with Crippen LogP contribution in [0.25, 0.3) is 0 Å². The Kier molecular flexibility index (Phi) is 5.33. The molecular formula is C23H26N2O3. The van der Waals surface area contributed by atoms with Crippen LogP contribution in [-0.4, -0.2) is 18.4 Å². The molecule has 28 heavy (non-hydrogen) atoms. The number of amides is 2. The number of benzene rings is 2. The first-order valence-corrected chi connectivity index (χ1v) is 10.0. The average Bonchev–Trinajstić information content (AvgIpc) is 3.61. The predicted octanol–water partition coefficient (Wildman–Crippen LogP) is 4.31. The lowest BCUT2D eigenvalue weighted by Crippen LogP contribution is -2.26. The highest BCUT2D eigenvalue weighted by Crippen LogP contribution is 2.30. The molecule has 2 amide bonds. The second-order valence-corrected chi connectivity index (χ2v) is 7.86. The molecule has 0 bridgehead atoms. The Morgan fingerprint density at radius 1 is 1.00 bits per heavy atom. The molecule has 0 aromatic heterocycles. The highest BCUT2D eigenvalue weighted by Gasteiger charge is 2.29. The van der Waals surface area contributed by atoms with Gasteiger partial charge < -0.3 is 15.4 Å². The number of hydrogen-bond acceptors (Lipinski definition) is 3. The van der Waals surface area contributed by atoms with Crippen LogP contribution in [0.5, 0.6) is 5.75 Å². The summed E-state index contributed by atoms with van der Waals surface area (Å²) < 4.78 is 5.71. The Balaban J connectivity index is 1.29. The third kappa shape index (κ3) is 4.91.